The third-order valence-electron chi connectivity index (χ3n) is 1.82. The summed E-state index contributed by atoms with van der Waals surface area (Å²) in [7, 11) is 0. The van der Waals surface area contributed by atoms with E-state index in [1.807, 2.05) is 0 Å². The number of rotatable bonds is 4. The standard InChI is InChI=1S/C10H8BrClF2O2/c1-5(15)9(12)6-2-3-8(7(11)4-6)16-10(13)14/h2-4,9-10H,1H3. The van der Waals surface area contributed by atoms with Gasteiger partial charge in [0.2, 0.25) is 0 Å². The lowest BCUT2D eigenvalue weighted by Gasteiger charge is -2.10. The number of Topliss-reactive ketones (excluding diaryl/α,β-unsaturated/α-hetero) is 1. The monoisotopic (exact) mass is 312 g/mol. The van der Waals surface area contributed by atoms with Gasteiger partial charge in [0.15, 0.2) is 5.78 Å². The maximum Gasteiger partial charge on any atom is 0.387 e. The van der Waals surface area contributed by atoms with Crippen molar-refractivity contribution in [2.45, 2.75) is 18.9 Å². The molecule has 16 heavy (non-hydrogen) atoms. The highest BCUT2D eigenvalue weighted by Crippen LogP contribution is 2.31. The van der Waals surface area contributed by atoms with Gasteiger partial charge in [0.1, 0.15) is 11.1 Å². The molecule has 0 spiro atoms. The van der Waals surface area contributed by atoms with Gasteiger partial charge in [0.25, 0.3) is 0 Å². The normalized spacial score (nSPS) is 12.6. The smallest absolute Gasteiger partial charge is 0.387 e. The largest absolute Gasteiger partial charge is 0.434 e. The van der Waals surface area contributed by atoms with Crippen LogP contribution in [0.15, 0.2) is 22.7 Å². The van der Waals surface area contributed by atoms with E-state index in [0.717, 1.165) is 0 Å². The molecule has 0 aliphatic heterocycles. The first kappa shape index (κ1) is 13.4. The molecule has 1 unspecified atom stereocenters. The number of halogens is 4. The summed E-state index contributed by atoms with van der Waals surface area (Å²) in [6, 6.07) is 4.29. The van der Waals surface area contributed by atoms with Gasteiger partial charge in [-0.05, 0) is 40.5 Å². The van der Waals surface area contributed by atoms with Crippen molar-refractivity contribution in [3.63, 3.8) is 0 Å². The maximum atomic E-state index is 12.0. The van der Waals surface area contributed by atoms with Crippen LogP contribution in [0.25, 0.3) is 0 Å². The average Bonchev–Trinajstić information content (AvgIpc) is 2.19. The first-order valence-corrected chi connectivity index (χ1v) is 5.53. The second-order valence-corrected chi connectivity index (χ2v) is 4.33. The topological polar surface area (TPSA) is 26.3 Å². The zero-order valence-electron chi connectivity index (χ0n) is 8.22. The van der Waals surface area contributed by atoms with Crippen LogP contribution in [0.3, 0.4) is 0 Å². The molecule has 0 heterocycles. The first-order valence-electron chi connectivity index (χ1n) is 4.30. The summed E-state index contributed by atoms with van der Waals surface area (Å²) in [6.07, 6.45) is 0. The SMILES string of the molecule is CC(=O)C(Cl)c1ccc(OC(F)F)c(Br)c1. The van der Waals surface area contributed by atoms with Gasteiger partial charge in [-0.1, -0.05) is 6.07 Å². The molecule has 1 aromatic rings. The molecule has 0 aliphatic carbocycles. The summed E-state index contributed by atoms with van der Waals surface area (Å²) in [5, 5.41) is -0.781. The van der Waals surface area contributed by atoms with Gasteiger partial charge in [0, 0.05) is 0 Å². The quantitative estimate of drug-likeness (QED) is 0.788. The maximum absolute atomic E-state index is 12.0. The summed E-state index contributed by atoms with van der Waals surface area (Å²) >= 11 is 8.88. The van der Waals surface area contributed by atoms with Crippen LogP contribution < -0.4 is 4.74 Å². The Labute approximate surface area is 105 Å². The average molecular weight is 314 g/mol. The predicted molar refractivity (Wildman–Crippen MR) is 60.0 cm³/mol. The van der Waals surface area contributed by atoms with Crippen LogP contribution in [0, 0.1) is 0 Å². The molecule has 1 aromatic carbocycles. The Morgan fingerprint density at radius 1 is 1.50 bits per heavy atom. The highest BCUT2D eigenvalue weighted by Gasteiger charge is 2.15. The fourth-order valence-electron chi connectivity index (χ4n) is 1.10. The van der Waals surface area contributed by atoms with Crippen LogP contribution >= 0.6 is 27.5 Å². The molecule has 0 fully saturated rings. The van der Waals surface area contributed by atoms with Gasteiger partial charge >= 0.3 is 6.61 Å². The molecular weight excluding hydrogens is 305 g/mol. The van der Waals surface area contributed by atoms with Gasteiger partial charge < -0.3 is 4.74 Å². The molecule has 0 saturated heterocycles. The Balaban J connectivity index is 2.95. The number of hydrogen-bond donors (Lipinski definition) is 0. The van der Waals surface area contributed by atoms with Crippen LogP contribution in [0.4, 0.5) is 8.78 Å². The van der Waals surface area contributed by atoms with Crippen molar-refractivity contribution in [3.05, 3.63) is 28.2 Å². The fourth-order valence-corrected chi connectivity index (χ4v) is 1.73. The van der Waals surface area contributed by atoms with Crippen molar-refractivity contribution < 1.29 is 18.3 Å². The van der Waals surface area contributed by atoms with E-state index in [4.69, 9.17) is 11.6 Å². The second-order valence-electron chi connectivity index (χ2n) is 3.04. The minimum atomic E-state index is -2.89. The Kier molecular flexibility index (Phi) is 4.68. The van der Waals surface area contributed by atoms with E-state index in [2.05, 4.69) is 20.7 Å². The molecule has 0 aliphatic rings. The van der Waals surface area contributed by atoms with E-state index in [0.29, 0.717) is 10.0 Å². The third-order valence-corrected chi connectivity index (χ3v) is 3.00. The third kappa shape index (κ3) is 3.42. The minimum Gasteiger partial charge on any atom is -0.434 e. The highest BCUT2D eigenvalue weighted by molar-refractivity contribution is 9.10. The summed E-state index contributed by atoms with van der Waals surface area (Å²) in [6.45, 7) is -1.53. The molecule has 1 atom stereocenters. The number of ketones is 1. The molecule has 0 N–H and O–H groups in total. The number of alkyl halides is 3. The van der Waals surface area contributed by atoms with E-state index in [1.54, 1.807) is 0 Å². The molecule has 2 nitrogen and oxygen atoms in total. The molecule has 88 valence electrons. The van der Waals surface area contributed by atoms with Crippen LogP contribution in [-0.4, -0.2) is 12.4 Å². The zero-order valence-corrected chi connectivity index (χ0v) is 10.6. The molecule has 0 radical (unpaired) electrons. The van der Waals surface area contributed by atoms with Gasteiger partial charge in [-0.15, -0.1) is 11.6 Å². The van der Waals surface area contributed by atoms with Crippen molar-refractivity contribution in [1.29, 1.82) is 0 Å². The molecule has 0 amide bonds. The zero-order chi connectivity index (χ0) is 12.3. The van der Waals surface area contributed by atoms with Crippen LogP contribution in [0.2, 0.25) is 0 Å². The molecule has 0 aromatic heterocycles. The second kappa shape index (κ2) is 5.59. The first-order chi connectivity index (χ1) is 7.41. The van der Waals surface area contributed by atoms with Crippen LogP contribution in [-0.2, 0) is 4.79 Å². The number of carbonyl (C=O) groups is 1. The van der Waals surface area contributed by atoms with E-state index >= 15 is 0 Å². The number of benzene rings is 1. The lowest BCUT2D eigenvalue weighted by atomic mass is 10.1. The van der Waals surface area contributed by atoms with Crippen molar-refractivity contribution >= 4 is 33.3 Å². The van der Waals surface area contributed by atoms with E-state index in [9.17, 15) is 13.6 Å². The van der Waals surface area contributed by atoms with Crippen molar-refractivity contribution in [1.82, 2.24) is 0 Å². The lowest BCUT2D eigenvalue weighted by Crippen LogP contribution is -2.04. The van der Waals surface area contributed by atoms with Crippen molar-refractivity contribution in [2.24, 2.45) is 0 Å². The van der Waals surface area contributed by atoms with E-state index < -0.39 is 12.0 Å². The van der Waals surface area contributed by atoms with Gasteiger partial charge in [-0.2, -0.15) is 8.78 Å². The molecule has 1 rings (SSSR count). The minimum absolute atomic E-state index is 0.00571. The van der Waals surface area contributed by atoms with Gasteiger partial charge in [-0.3, -0.25) is 4.79 Å². The van der Waals surface area contributed by atoms with Crippen molar-refractivity contribution in [3.8, 4) is 5.75 Å². The molecule has 0 bridgehead atoms. The Hall–Kier alpha value is -0.680. The summed E-state index contributed by atoms with van der Waals surface area (Å²) < 4.78 is 28.5. The van der Waals surface area contributed by atoms with Crippen molar-refractivity contribution in [2.75, 3.05) is 0 Å². The number of hydrogen-bond acceptors (Lipinski definition) is 2. The van der Waals surface area contributed by atoms with Crippen LogP contribution in [0.1, 0.15) is 17.9 Å². The summed E-state index contributed by atoms with van der Waals surface area (Å²) in [5.41, 5.74) is 0.530. The van der Waals surface area contributed by atoms with E-state index in [-0.39, 0.29) is 11.5 Å². The van der Waals surface area contributed by atoms with Gasteiger partial charge in [-0.25, -0.2) is 0 Å². The molecule has 0 saturated carbocycles. The summed E-state index contributed by atoms with van der Waals surface area (Å²) in [5.74, 6) is -0.206. The van der Waals surface area contributed by atoms with Gasteiger partial charge in [0.05, 0.1) is 4.47 Å². The Morgan fingerprint density at radius 3 is 2.56 bits per heavy atom. The van der Waals surface area contributed by atoms with E-state index in [1.165, 1.54) is 25.1 Å². The predicted octanol–water partition coefficient (Wildman–Crippen LogP) is 3.92. The number of ether oxygens (including phenoxy) is 1. The number of carbonyl (C=O) groups excluding carboxylic acids is 1. The molecular formula is C10H8BrClF2O2. The lowest BCUT2D eigenvalue weighted by molar-refractivity contribution is -0.116. The summed E-state index contributed by atoms with van der Waals surface area (Å²) in [4.78, 5) is 11.0. The highest BCUT2D eigenvalue weighted by atomic mass is 79.9. The molecule has 6 heteroatoms. The Bertz CT molecular complexity index is 398. The fraction of sp³-hybridized carbons (Fsp3) is 0.300. The van der Waals surface area contributed by atoms with Crippen LogP contribution in [0.5, 0.6) is 5.75 Å². The Morgan fingerprint density at radius 2 is 2.12 bits per heavy atom.